The molecule has 2 aromatic carbocycles. The molecule has 0 spiro atoms. The van der Waals surface area contributed by atoms with E-state index in [1.165, 1.54) is 0 Å². The second-order valence-electron chi connectivity index (χ2n) is 5.52. The van der Waals surface area contributed by atoms with Crippen LogP contribution in [0.4, 0.5) is 0 Å². The van der Waals surface area contributed by atoms with E-state index in [-0.39, 0.29) is 6.10 Å². The lowest BCUT2D eigenvalue weighted by Gasteiger charge is -2.42. The first kappa shape index (κ1) is 13.2. The van der Waals surface area contributed by atoms with Crippen LogP contribution in [0.3, 0.4) is 0 Å². The second-order valence-corrected chi connectivity index (χ2v) is 5.52. The van der Waals surface area contributed by atoms with Crippen molar-refractivity contribution in [3.8, 4) is 5.75 Å². The van der Waals surface area contributed by atoms with Crippen LogP contribution < -0.4 is 10.5 Å². The second kappa shape index (κ2) is 5.27. The van der Waals surface area contributed by atoms with Crippen LogP contribution in [0.2, 0.25) is 0 Å². The Morgan fingerprint density at radius 1 is 1.10 bits per heavy atom. The highest BCUT2D eigenvalue weighted by atomic mass is 16.5. The maximum Gasteiger partial charge on any atom is 0.120 e. The van der Waals surface area contributed by atoms with Gasteiger partial charge in [0.15, 0.2) is 0 Å². The first-order valence-corrected chi connectivity index (χ1v) is 6.90. The molecule has 0 unspecified atom stereocenters. The summed E-state index contributed by atoms with van der Waals surface area (Å²) in [6.07, 6.45) is 0.971. The zero-order chi connectivity index (χ0) is 14.0. The molecule has 1 saturated carbocycles. The summed E-state index contributed by atoms with van der Waals surface area (Å²) in [6.45, 7) is 0.546. The Balaban J connectivity index is 1.69. The first-order chi connectivity index (χ1) is 9.66. The Morgan fingerprint density at radius 3 is 2.55 bits per heavy atom. The van der Waals surface area contributed by atoms with E-state index in [2.05, 4.69) is 0 Å². The predicted molar refractivity (Wildman–Crippen MR) is 78.3 cm³/mol. The first-order valence-electron chi connectivity index (χ1n) is 6.90. The van der Waals surface area contributed by atoms with Gasteiger partial charge in [-0.15, -0.1) is 0 Å². The Labute approximate surface area is 119 Å². The van der Waals surface area contributed by atoms with Gasteiger partial charge < -0.3 is 15.6 Å². The van der Waals surface area contributed by atoms with Crippen molar-refractivity contribution >= 4 is 0 Å². The highest BCUT2D eigenvalue weighted by Crippen LogP contribution is 2.39. The van der Waals surface area contributed by atoms with E-state index in [9.17, 15) is 5.11 Å². The summed E-state index contributed by atoms with van der Waals surface area (Å²) < 4.78 is 5.81. The molecular formula is C17H19NO2. The molecule has 1 aliphatic carbocycles. The van der Waals surface area contributed by atoms with Gasteiger partial charge in [-0.25, -0.2) is 0 Å². The molecule has 3 N–H and O–H groups in total. The molecule has 20 heavy (non-hydrogen) atoms. The number of ether oxygens (including phenoxy) is 1. The Hall–Kier alpha value is -1.84. The quantitative estimate of drug-likeness (QED) is 0.897. The standard InChI is InChI=1S/C17H19NO2/c18-17(10-15(19)11-17)14-7-4-8-16(9-14)20-12-13-5-2-1-3-6-13/h1-9,15,19H,10-12,18H2. The van der Waals surface area contributed by atoms with Gasteiger partial charge in [0.2, 0.25) is 0 Å². The van der Waals surface area contributed by atoms with Gasteiger partial charge in [0.25, 0.3) is 0 Å². The number of hydrogen-bond acceptors (Lipinski definition) is 3. The fourth-order valence-electron chi connectivity index (χ4n) is 2.65. The van der Waals surface area contributed by atoms with E-state index in [0.717, 1.165) is 16.9 Å². The van der Waals surface area contributed by atoms with Gasteiger partial charge in [-0.1, -0.05) is 42.5 Å². The van der Waals surface area contributed by atoms with Gasteiger partial charge in [-0.2, -0.15) is 0 Å². The van der Waals surface area contributed by atoms with Crippen molar-refractivity contribution in [1.82, 2.24) is 0 Å². The minimum absolute atomic E-state index is 0.270. The Kier molecular flexibility index (Phi) is 3.47. The SMILES string of the molecule is NC1(c2cccc(OCc3ccccc3)c2)CC(O)C1. The summed E-state index contributed by atoms with van der Waals surface area (Å²) in [5, 5.41) is 9.45. The molecule has 1 aliphatic rings. The molecule has 1 fully saturated rings. The van der Waals surface area contributed by atoms with Crippen molar-refractivity contribution in [3.05, 3.63) is 65.7 Å². The summed E-state index contributed by atoms with van der Waals surface area (Å²) in [4.78, 5) is 0. The third kappa shape index (κ3) is 2.69. The third-order valence-electron chi connectivity index (χ3n) is 3.86. The molecule has 0 amide bonds. The van der Waals surface area contributed by atoms with Crippen LogP contribution in [0.5, 0.6) is 5.75 Å². The molecule has 0 bridgehead atoms. The van der Waals surface area contributed by atoms with Gasteiger partial charge in [0, 0.05) is 5.54 Å². The smallest absolute Gasteiger partial charge is 0.120 e. The molecule has 0 aromatic heterocycles. The topological polar surface area (TPSA) is 55.5 Å². The minimum Gasteiger partial charge on any atom is -0.489 e. The van der Waals surface area contributed by atoms with Crippen LogP contribution in [0.1, 0.15) is 24.0 Å². The molecule has 3 heteroatoms. The highest BCUT2D eigenvalue weighted by molar-refractivity contribution is 5.35. The molecule has 0 saturated heterocycles. The molecule has 2 aromatic rings. The summed E-state index contributed by atoms with van der Waals surface area (Å²) in [5.41, 5.74) is 8.05. The van der Waals surface area contributed by atoms with Crippen molar-refractivity contribution in [3.63, 3.8) is 0 Å². The van der Waals surface area contributed by atoms with Crippen molar-refractivity contribution in [2.24, 2.45) is 5.73 Å². The van der Waals surface area contributed by atoms with Gasteiger partial charge >= 0.3 is 0 Å². The number of nitrogens with two attached hydrogens (primary N) is 1. The van der Waals surface area contributed by atoms with E-state index in [4.69, 9.17) is 10.5 Å². The van der Waals surface area contributed by atoms with Crippen LogP contribution in [-0.2, 0) is 12.1 Å². The van der Waals surface area contributed by atoms with Crippen LogP contribution >= 0.6 is 0 Å². The van der Waals surface area contributed by atoms with Crippen molar-refractivity contribution < 1.29 is 9.84 Å². The molecule has 3 nitrogen and oxygen atoms in total. The zero-order valence-electron chi connectivity index (χ0n) is 11.3. The normalized spacial score (nSPS) is 25.0. The Morgan fingerprint density at radius 2 is 1.85 bits per heavy atom. The largest absolute Gasteiger partial charge is 0.489 e. The predicted octanol–water partition coefficient (Wildman–Crippen LogP) is 2.57. The lowest BCUT2D eigenvalue weighted by molar-refractivity contribution is 0.0208. The van der Waals surface area contributed by atoms with Crippen LogP contribution in [0.15, 0.2) is 54.6 Å². The summed E-state index contributed by atoms with van der Waals surface area (Å²) in [5.74, 6) is 0.817. The number of rotatable bonds is 4. The fraction of sp³-hybridized carbons (Fsp3) is 0.294. The molecular weight excluding hydrogens is 250 g/mol. The molecule has 0 heterocycles. The number of aliphatic hydroxyl groups is 1. The van der Waals surface area contributed by atoms with Crippen molar-refractivity contribution in [1.29, 1.82) is 0 Å². The third-order valence-corrected chi connectivity index (χ3v) is 3.86. The summed E-state index contributed by atoms with van der Waals surface area (Å²) >= 11 is 0. The van der Waals surface area contributed by atoms with Crippen molar-refractivity contribution in [2.45, 2.75) is 31.1 Å². The lowest BCUT2D eigenvalue weighted by atomic mass is 9.70. The summed E-state index contributed by atoms with van der Waals surface area (Å²) in [7, 11) is 0. The monoisotopic (exact) mass is 269 g/mol. The zero-order valence-corrected chi connectivity index (χ0v) is 11.3. The van der Waals surface area contributed by atoms with Gasteiger partial charge in [0.1, 0.15) is 12.4 Å². The maximum atomic E-state index is 9.45. The van der Waals surface area contributed by atoms with Gasteiger partial charge in [-0.05, 0) is 36.1 Å². The summed E-state index contributed by atoms with van der Waals surface area (Å²) in [6, 6.07) is 17.9. The van der Waals surface area contributed by atoms with E-state index in [0.29, 0.717) is 19.4 Å². The molecule has 3 rings (SSSR count). The fourth-order valence-corrected chi connectivity index (χ4v) is 2.65. The van der Waals surface area contributed by atoms with Crippen LogP contribution in [0, 0.1) is 0 Å². The average molecular weight is 269 g/mol. The van der Waals surface area contributed by atoms with Gasteiger partial charge in [-0.3, -0.25) is 0 Å². The van der Waals surface area contributed by atoms with E-state index in [1.807, 2.05) is 54.6 Å². The van der Waals surface area contributed by atoms with E-state index < -0.39 is 5.54 Å². The Bertz CT molecular complexity index is 577. The van der Waals surface area contributed by atoms with E-state index >= 15 is 0 Å². The molecule has 0 aliphatic heterocycles. The number of hydrogen-bond donors (Lipinski definition) is 2. The highest BCUT2D eigenvalue weighted by Gasteiger charge is 2.41. The average Bonchev–Trinajstić information content (AvgIpc) is 2.45. The maximum absolute atomic E-state index is 9.45. The van der Waals surface area contributed by atoms with Crippen LogP contribution in [0.25, 0.3) is 0 Å². The molecule has 104 valence electrons. The number of aliphatic hydroxyl groups excluding tert-OH is 1. The molecule has 0 radical (unpaired) electrons. The minimum atomic E-state index is -0.397. The molecule has 0 atom stereocenters. The van der Waals surface area contributed by atoms with Crippen molar-refractivity contribution in [2.75, 3.05) is 0 Å². The number of benzene rings is 2. The van der Waals surface area contributed by atoms with Gasteiger partial charge in [0.05, 0.1) is 6.10 Å². The van der Waals surface area contributed by atoms with E-state index in [1.54, 1.807) is 0 Å². The van der Waals surface area contributed by atoms with Crippen LogP contribution in [-0.4, -0.2) is 11.2 Å². The lowest BCUT2D eigenvalue weighted by Crippen LogP contribution is -2.51.